The second-order valence-electron chi connectivity index (χ2n) is 5.71. The van der Waals surface area contributed by atoms with Gasteiger partial charge in [-0.05, 0) is 5.56 Å². The molecule has 6 nitrogen and oxygen atoms in total. The van der Waals surface area contributed by atoms with Crippen LogP contribution in [0.4, 0.5) is 13.2 Å². The van der Waals surface area contributed by atoms with Crippen LogP contribution in [0.25, 0.3) is 0 Å². The van der Waals surface area contributed by atoms with E-state index in [-0.39, 0.29) is 37.4 Å². The third-order valence-corrected chi connectivity index (χ3v) is 3.91. The highest BCUT2D eigenvalue weighted by Crippen LogP contribution is 2.32. The smallest absolute Gasteiger partial charge is 0.396 e. The number of carbonyl (C=O) groups excluding carboxylic acids is 1. The number of ether oxygens (including phenoxy) is 1. The largest absolute Gasteiger partial charge is 0.411 e. The van der Waals surface area contributed by atoms with Gasteiger partial charge in [-0.2, -0.15) is 18.3 Å². The van der Waals surface area contributed by atoms with Crippen LogP contribution in [-0.2, 0) is 16.6 Å². The number of aryl methyl sites for hydroxylation is 1. The molecule has 0 aliphatic carbocycles. The van der Waals surface area contributed by atoms with E-state index in [1.54, 1.807) is 22.8 Å². The lowest BCUT2D eigenvalue weighted by Gasteiger charge is -2.16. The number of carbonyl (C=O) groups is 1. The molecule has 1 aliphatic rings. The summed E-state index contributed by atoms with van der Waals surface area (Å²) in [6.45, 7) is -0.870. The summed E-state index contributed by atoms with van der Waals surface area (Å²) < 4.78 is 42.0. The molecule has 0 unspecified atom stereocenters. The maximum Gasteiger partial charge on any atom is 0.411 e. The van der Waals surface area contributed by atoms with Crippen molar-refractivity contribution in [2.45, 2.75) is 18.5 Å². The van der Waals surface area contributed by atoms with E-state index in [9.17, 15) is 23.1 Å². The number of aliphatic hydroxyl groups is 1. The van der Waals surface area contributed by atoms with Crippen molar-refractivity contribution in [3.63, 3.8) is 0 Å². The monoisotopic (exact) mass is 335 g/mol. The van der Waals surface area contributed by atoms with Crippen LogP contribution in [0.2, 0.25) is 0 Å². The first-order valence-electron chi connectivity index (χ1n) is 7.32. The van der Waals surface area contributed by atoms with Crippen molar-refractivity contribution in [1.82, 2.24) is 14.7 Å². The summed E-state index contributed by atoms with van der Waals surface area (Å²) in [6.07, 6.45) is -0.945. The number of hydrogen-bond acceptors (Lipinski definition) is 4. The molecule has 0 bridgehead atoms. The molecule has 1 saturated heterocycles. The molecule has 130 valence electrons. The fourth-order valence-electron chi connectivity index (χ4n) is 2.77. The Morgan fingerprint density at radius 2 is 2.22 bits per heavy atom. The number of likely N-dealkylation sites (tertiary alicyclic amines) is 1. The minimum atomic E-state index is -4.38. The molecule has 1 aromatic heterocycles. The predicted octanol–water partition coefficient (Wildman–Crippen LogP) is 0.923. The minimum Gasteiger partial charge on any atom is -0.396 e. The number of nitrogens with zero attached hydrogens (tertiary/aromatic N) is 3. The molecular formula is C14H20F3N3O3. The molecule has 0 saturated carbocycles. The van der Waals surface area contributed by atoms with Crippen LogP contribution >= 0.6 is 0 Å². The molecule has 1 aliphatic heterocycles. The number of alkyl halides is 3. The number of rotatable bonds is 6. The molecule has 1 fully saturated rings. The van der Waals surface area contributed by atoms with Crippen molar-refractivity contribution in [1.29, 1.82) is 0 Å². The molecule has 1 N–H and O–H groups in total. The maximum atomic E-state index is 12.1. The normalized spacial score (nSPS) is 21.9. The molecule has 0 aromatic carbocycles. The van der Waals surface area contributed by atoms with E-state index in [1.807, 2.05) is 6.20 Å². The van der Waals surface area contributed by atoms with Gasteiger partial charge in [0.2, 0.25) is 5.91 Å². The second kappa shape index (κ2) is 7.31. The van der Waals surface area contributed by atoms with Crippen LogP contribution in [0.15, 0.2) is 12.4 Å². The van der Waals surface area contributed by atoms with E-state index in [4.69, 9.17) is 0 Å². The summed E-state index contributed by atoms with van der Waals surface area (Å²) in [5, 5.41) is 13.6. The lowest BCUT2D eigenvalue weighted by molar-refractivity contribution is -0.175. The Hall–Kier alpha value is -1.61. The van der Waals surface area contributed by atoms with E-state index in [2.05, 4.69) is 9.84 Å². The zero-order valence-corrected chi connectivity index (χ0v) is 12.8. The Bertz CT molecular complexity index is 533. The number of amides is 1. The van der Waals surface area contributed by atoms with E-state index in [0.717, 1.165) is 5.56 Å². The van der Waals surface area contributed by atoms with Crippen molar-refractivity contribution < 1.29 is 27.8 Å². The van der Waals surface area contributed by atoms with Gasteiger partial charge in [0.15, 0.2) is 0 Å². The summed E-state index contributed by atoms with van der Waals surface area (Å²) in [6, 6.07) is 0. The fraction of sp³-hybridized carbons (Fsp3) is 0.714. The maximum absolute atomic E-state index is 12.1. The molecule has 0 spiro atoms. The molecule has 1 aromatic rings. The average molecular weight is 335 g/mol. The minimum absolute atomic E-state index is 0.0197. The number of halogens is 3. The van der Waals surface area contributed by atoms with Gasteiger partial charge in [0, 0.05) is 44.8 Å². The summed E-state index contributed by atoms with van der Waals surface area (Å²) >= 11 is 0. The molecule has 9 heteroatoms. The highest BCUT2D eigenvalue weighted by atomic mass is 19.4. The van der Waals surface area contributed by atoms with Crippen molar-refractivity contribution in [2.24, 2.45) is 13.0 Å². The highest BCUT2D eigenvalue weighted by molar-refractivity contribution is 5.76. The Balaban J connectivity index is 1.85. The van der Waals surface area contributed by atoms with Crippen molar-refractivity contribution >= 4 is 5.91 Å². The average Bonchev–Trinajstić information content (AvgIpc) is 3.08. The third kappa shape index (κ3) is 4.93. The Kier molecular flexibility index (Phi) is 5.64. The molecular weight excluding hydrogens is 315 g/mol. The first-order valence-corrected chi connectivity index (χ1v) is 7.32. The third-order valence-electron chi connectivity index (χ3n) is 3.91. The number of hydrogen-bond donors (Lipinski definition) is 1. The van der Waals surface area contributed by atoms with Crippen LogP contribution in [0.3, 0.4) is 0 Å². The standard InChI is InChI=1S/C14H20F3N3O3/c1-19-5-10(4-18-19)12-7-20(6-11(12)8-21)13(22)2-3-23-9-14(15,16)17/h4-5,11-12,21H,2-3,6-9H2,1H3/t11-,12-/m0/s1. The lowest BCUT2D eigenvalue weighted by atomic mass is 9.92. The van der Waals surface area contributed by atoms with Crippen LogP contribution < -0.4 is 0 Å². The van der Waals surface area contributed by atoms with Gasteiger partial charge < -0.3 is 14.7 Å². The fourth-order valence-corrected chi connectivity index (χ4v) is 2.77. The molecule has 2 atom stereocenters. The predicted molar refractivity (Wildman–Crippen MR) is 74.6 cm³/mol. The van der Waals surface area contributed by atoms with Gasteiger partial charge in [-0.1, -0.05) is 0 Å². The van der Waals surface area contributed by atoms with Crippen molar-refractivity contribution in [3.8, 4) is 0 Å². The van der Waals surface area contributed by atoms with Gasteiger partial charge in [-0.3, -0.25) is 9.48 Å². The van der Waals surface area contributed by atoms with E-state index < -0.39 is 12.8 Å². The van der Waals surface area contributed by atoms with Gasteiger partial charge in [0.05, 0.1) is 19.2 Å². The number of aromatic nitrogens is 2. The molecule has 23 heavy (non-hydrogen) atoms. The summed E-state index contributed by atoms with van der Waals surface area (Å²) in [5.41, 5.74) is 0.940. The van der Waals surface area contributed by atoms with E-state index in [0.29, 0.717) is 13.1 Å². The van der Waals surface area contributed by atoms with E-state index >= 15 is 0 Å². The van der Waals surface area contributed by atoms with Gasteiger partial charge in [0.25, 0.3) is 0 Å². The van der Waals surface area contributed by atoms with Crippen molar-refractivity contribution in [2.75, 3.05) is 32.9 Å². The Morgan fingerprint density at radius 3 is 2.78 bits per heavy atom. The Labute approximate surface area is 131 Å². The zero-order valence-electron chi connectivity index (χ0n) is 12.8. The van der Waals surface area contributed by atoms with Gasteiger partial charge in [-0.15, -0.1) is 0 Å². The van der Waals surface area contributed by atoms with E-state index in [1.165, 1.54) is 0 Å². The Morgan fingerprint density at radius 1 is 1.48 bits per heavy atom. The van der Waals surface area contributed by atoms with Gasteiger partial charge in [-0.25, -0.2) is 0 Å². The molecule has 0 radical (unpaired) electrons. The first kappa shape index (κ1) is 17.7. The molecule has 1 amide bonds. The number of aliphatic hydroxyl groups excluding tert-OH is 1. The quantitative estimate of drug-likeness (QED) is 0.785. The SMILES string of the molecule is Cn1cc([C@@H]2CN(C(=O)CCOCC(F)(F)F)C[C@H]2CO)cn1. The second-order valence-corrected chi connectivity index (χ2v) is 5.71. The van der Waals surface area contributed by atoms with Gasteiger partial charge >= 0.3 is 6.18 Å². The topological polar surface area (TPSA) is 67.6 Å². The zero-order chi connectivity index (χ0) is 17.0. The van der Waals surface area contributed by atoms with Crippen LogP contribution in [0.1, 0.15) is 17.9 Å². The summed E-state index contributed by atoms with van der Waals surface area (Å²) in [4.78, 5) is 13.6. The van der Waals surface area contributed by atoms with Crippen LogP contribution in [0, 0.1) is 5.92 Å². The highest BCUT2D eigenvalue weighted by Gasteiger charge is 2.36. The first-order chi connectivity index (χ1) is 10.8. The molecule has 2 rings (SSSR count). The van der Waals surface area contributed by atoms with Crippen molar-refractivity contribution in [3.05, 3.63) is 18.0 Å². The van der Waals surface area contributed by atoms with Crippen LogP contribution in [-0.4, -0.2) is 64.8 Å². The molecule has 2 heterocycles. The lowest BCUT2D eigenvalue weighted by Crippen LogP contribution is -2.30. The van der Waals surface area contributed by atoms with Gasteiger partial charge in [0.1, 0.15) is 6.61 Å². The summed E-state index contributed by atoms with van der Waals surface area (Å²) in [5.74, 6) is -0.384. The summed E-state index contributed by atoms with van der Waals surface area (Å²) in [7, 11) is 1.79. The van der Waals surface area contributed by atoms with Crippen LogP contribution in [0.5, 0.6) is 0 Å².